The Morgan fingerprint density at radius 1 is 0.529 bits per heavy atom. The van der Waals surface area contributed by atoms with Crippen LogP contribution in [-0.2, 0) is 65.6 Å². The molecular weight excluding hydrogens is 931 g/mol. The van der Waals surface area contributed by atoms with Crippen LogP contribution in [-0.4, -0.2) is 196 Å². The molecule has 0 aromatic heterocycles. The minimum atomic E-state index is -1.70. The van der Waals surface area contributed by atoms with E-state index in [1.165, 1.54) is 0 Å². The third-order valence-electron chi connectivity index (χ3n) is 11.0. The lowest BCUT2D eigenvalue weighted by molar-refractivity contribution is -0.300. The number of hydrogen-bond acceptors (Lipinski definition) is 20. The highest BCUT2D eigenvalue weighted by Crippen LogP contribution is 2.23. The Morgan fingerprint density at radius 2 is 1.00 bits per heavy atom. The Morgan fingerprint density at radius 3 is 1.53 bits per heavy atom. The molecule has 0 radical (unpaired) electrons. The molecule has 2 aliphatic heterocycles. The zero-order chi connectivity index (χ0) is 51.0. The predicted molar refractivity (Wildman–Crippen MR) is 238 cm³/mol. The molecule has 25 nitrogen and oxygen atoms in total. The minimum Gasteiger partial charge on any atom is -0.461 e. The van der Waals surface area contributed by atoms with Crippen LogP contribution in [0.5, 0.6) is 0 Å². The van der Waals surface area contributed by atoms with Crippen molar-refractivity contribution in [1.82, 2.24) is 26.6 Å². The summed E-state index contributed by atoms with van der Waals surface area (Å²) in [5.41, 5.74) is 1.45. The largest absolute Gasteiger partial charge is 0.461 e. The lowest BCUT2D eigenvalue weighted by atomic mass is 9.99. The second-order valence-electron chi connectivity index (χ2n) is 16.3. The lowest BCUT2D eigenvalue weighted by Gasteiger charge is -2.39. The molecule has 2 aromatic carbocycles. The zero-order valence-corrected chi connectivity index (χ0v) is 38.3. The number of rotatable bonds is 28. The van der Waals surface area contributed by atoms with Crippen LogP contribution in [0.25, 0.3) is 0 Å². The van der Waals surface area contributed by atoms with Crippen LogP contribution in [0.4, 0.5) is 4.79 Å². The molecule has 25 heteroatoms. The summed E-state index contributed by atoms with van der Waals surface area (Å²) >= 11 is 0. The molecule has 2 aliphatic rings. The first-order valence-electron chi connectivity index (χ1n) is 22.7. The number of alkyl carbamates (subject to hydrolysis) is 1. The third kappa shape index (κ3) is 19.1. The van der Waals surface area contributed by atoms with Gasteiger partial charge in [0, 0.05) is 38.9 Å². The first kappa shape index (κ1) is 57.2. The Hall–Kier alpha value is -5.42. The van der Waals surface area contributed by atoms with Crippen molar-refractivity contribution in [2.45, 2.75) is 125 Å². The minimum absolute atomic E-state index is 0.00734. The van der Waals surface area contributed by atoms with E-state index in [-0.39, 0.29) is 84.6 Å². The number of amides is 5. The van der Waals surface area contributed by atoms with Gasteiger partial charge in [-0.15, -0.1) is 0 Å². The molecule has 70 heavy (non-hydrogen) atoms. The average Bonchev–Trinajstić information content (AvgIpc) is 3.36. The maximum Gasteiger partial charge on any atom is 0.408 e. The Kier molecular flexibility index (Phi) is 24.8. The average molecular weight is 996 g/mol. The fourth-order valence-electron chi connectivity index (χ4n) is 6.98. The molecular formula is C45H65N5O20. The number of hydrogen-bond donors (Lipinski definition) is 13. The van der Waals surface area contributed by atoms with Crippen molar-refractivity contribution in [3.8, 4) is 0 Å². The maximum absolute atomic E-state index is 13.4. The van der Waals surface area contributed by atoms with Gasteiger partial charge >= 0.3 is 12.1 Å². The summed E-state index contributed by atoms with van der Waals surface area (Å²) in [6.45, 7) is -2.43. The number of carbonyl (C=O) groups is 6. The highest BCUT2D eigenvalue weighted by Gasteiger charge is 2.45. The summed E-state index contributed by atoms with van der Waals surface area (Å²) in [7, 11) is 0. The summed E-state index contributed by atoms with van der Waals surface area (Å²) in [4.78, 5) is 77.9. The van der Waals surface area contributed by atoms with E-state index in [1.807, 2.05) is 6.07 Å². The lowest BCUT2D eigenvalue weighted by Crippen LogP contribution is -2.59. The van der Waals surface area contributed by atoms with Crippen LogP contribution in [0.3, 0.4) is 0 Å². The second kappa shape index (κ2) is 30.3. The number of ether oxygens (including phenoxy) is 6. The maximum atomic E-state index is 13.4. The van der Waals surface area contributed by atoms with E-state index in [4.69, 9.17) is 28.4 Å². The molecule has 0 spiro atoms. The number of aliphatic hydroxyl groups is 8. The van der Waals surface area contributed by atoms with Gasteiger partial charge < -0.3 is 95.9 Å². The zero-order valence-electron chi connectivity index (χ0n) is 38.3. The molecule has 12 atom stereocenters. The van der Waals surface area contributed by atoms with Crippen molar-refractivity contribution in [2.24, 2.45) is 0 Å². The Bertz CT molecular complexity index is 1920. The van der Waals surface area contributed by atoms with Gasteiger partial charge in [0.15, 0.2) is 12.6 Å². The number of benzene rings is 2. The molecule has 0 aliphatic carbocycles. The third-order valence-corrected chi connectivity index (χ3v) is 11.0. The van der Waals surface area contributed by atoms with Crippen molar-refractivity contribution < 1.29 is 98.0 Å². The monoisotopic (exact) mass is 995 g/mol. The summed E-state index contributed by atoms with van der Waals surface area (Å²) in [6.07, 6.45) is -17.3. The second-order valence-corrected chi connectivity index (χ2v) is 16.3. The van der Waals surface area contributed by atoms with Gasteiger partial charge in [-0.2, -0.15) is 0 Å². The number of carbonyl (C=O) groups excluding carboxylic acids is 6. The summed E-state index contributed by atoms with van der Waals surface area (Å²) in [5.74, 6) is -3.29. The van der Waals surface area contributed by atoms with Gasteiger partial charge in [-0.25, -0.2) is 4.79 Å². The molecule has 0 saturated carbocycles. The molecule has 5 amide bonds. The smallest absolute Gasteiger partial charge is 0.408 e. The van der Waals surface area contributed by atoms with E-state index in [1.54, 1.807) is 54.6 Å². The van der Waals surface area contributed by atoms with Crippen molar-refractivity contribution in [2.75, 3.05) is 46.1 Å². The van der Waals surface area contributed by atoms with E-state index < -0.39 is 122 Å². The fraction of sp³-hybridized carbons (Fsp3) is 0.600. The Labute approximate surface area is 402 Å². The molecule has 390 valence electrons. The van der Waals surface area contributed by atoms with Crippen LogP contribution in [0.15, 0.2) is 60.7 Å². The van der Waals surface area contributed by atoms with Crippen molar-refractivity contribution in [3.63, 3.8) is 0 Å². The van der Waals surface area contributed by atoms with Gasteiger partial charge in [0.25, 0.3) is 0 Å². The number of aliphatic hydroxyl groups excluding tert-OH is 8. The van der Waals surface area contributed by atoms with Crippen LogP contribution in [0, 0.1) is 0 Å². The van der Waals surface area contributed by atoms with Gasteiger partial charge in [0.05, 0.1) is 26.4 Å². The predicted octanol–water partition coefficient (Wildman–Crippen LogP) is -4.17. The molecule has 2 heterocycles. The molecule has 2 aromatic rings. The van der Waals surface area contributed by atoms with Crippen molar-refractivity contribution >= 4 is 35.7 Å². The van der Waals surface area contributed by atoms with E-state index in [2.05, 4.69) is 26.6 Å². The molecule has 0 bridgehead atoms. The van der Waals surface area contributed by atoms with Gasteiger partial charge in [0.1, 0.15) is 74.1 Å². The molecule has 2 fully saturated rings. The normalized spacial score (nSPS) is 25.1. The first-order valence-corrected chi connectivity index (χ1v) is 22.7. The summed E-state index contributed by atoms with van der Waals surface area (Å²) in [6, 6.07) is 15.2. The highest BCUT2D eigenvalue weighted by atomic mass is 16.7. The highest BCUT2D eigenvalue weighted by molar-refractivity contribution is 5.88. The van der Waals surface area contributed by atoms with Crippen LogP contribution >= 0.6 is 0 Å². The van der Waals surface area contributed by atoms with E-state index >= 15 is 0 Å². The Balaban J connectivity index is 1.28. The molecule has 13 N–H and O–H groups in total. The van der Waals surface area contributed by atoms with Crippen LogP contribution < -0.4 is 26.6 Å². The summed E-state index contributed by atoms with van der Waals surface area (Å²) < 4.78 is 31.9. The summed E-state index contributed by atoms with van der Waals surface area (Å²) in [5, 5.41) is 91.9. The first-order chi connectivity index (χ1) is 33.6. The van der Waals surface area contributed by atoms with E-state index in [0.717, 1.165) is 5.56 Å². The molecule has 0 unspecified atom stereocenters. The van der Waals surface area contributed by atoms with E-state index in [0.29, 0.717) is 5.56 Å². The quantitative estimate of drug-likeness (QED) is 0.0284. The van der Waals surface area contributed by atoms with Gasteiger partial charge in [-0.1, -0.05) is 60.7 Å². The standard InChI is InChI=1S/C45H65N5O20/c51-22-30-35(56)37(58)39(60)43(69-30)65-20-18-46-32(53)15-13-28(41(62)48-19-21-66-44-40(61)38(59)36(57)31(23-52)70-44)49-33(54)12-7-17-47-42(63)29(50-45(64)68-25-27-10-5-2-6-11-27)14-16-34(55)67-24-26-8-3-1-4-9-26/h1-6,8-11,28-31,35-40,43-44,51-52,56-61H,7,12-25H2,(H,46,53)(H,47,63)(H,48,62)(H,49,54)(H,50,64)/t28-,29-,30+,31+,35+,36+,37-,38-,39-,40-,43-,44-/m0/s1. The fourth-order valence-corrected chi connectivity index (χ4v) is 6.98. The van der Waals surface area contributed by atoms with Crippen LogP contribution in [0.1, 0.15) is 49.7 Å². The topological polar surface area (TPSA) is 380 Å². The van der Waals surface area contributed by atoms with Gasteiger partial charge in [-0.3, -0.25) is 24.0 Å². The number of esters is 1. The number of nitrogens with one attached hydrogen (secondary N) is 5. The SMILES string of the molecule is O=C(CC[C@H](NC(=O)CCCNC(=O)[C@H](CCC(=O)OCc1ccccc1)NC(=O)OCc1ccccc1)C(=O)NCCO[C@H]1O[C@H](CO)[C@@H](O)[C@H](O)[C@@H]1O)NCCO[C@H]1O[C@H](CO)[C@@H](O)[C@H](O)[C@@H]1O. The van der Waals surface area contributed by atoms with Crippen LogP contribution in [0.2, 0.25) is 0 Å². The van der Waals surface area contributed by atoms with Crippen molar-refractivity contribution in [1.29, 1.82) is 0 Å². The van der Waals surface area contributed by atoms with Gasteiger partial charge in [-0.05, 0) is 30.4 Å². The van der Waals surface area contributed by atoms with E-state index in [9.17, 15) is 69.6 Å². The van der Waals surface area contributed by atoms with Gasteiger partial charge in [0.2, 0.25) is 23.6 Å². The molecule has 2 saturated heterocycles. The van der Waals surface area contributed by atoms with Crippen molar-refractivity contribution in [3.05, 3.63) is 71.8 Å². The molecule has 4 rings (SSSR count).